The fourth-order valence-electron chi connectivity index (χ4n) is 1.71. The Kier molecular flexibility index (Phi) is 3.66. The highest BCUT2D eigenvalue weighted by atomic mass is 32.1. The van der Waals surface area contributed by atoms with Gasteiger partial charge in [0.25, 0.3) is 0 Å². The van der Waals surface area contributed by atoms with Gasteiger partial charge >= 0.3 is 11.7 Å². The summed E-state index contributed by atoms with van der Waals surface area (Å²) < 4.78 is 1.37. The number of carboxylic acids is 1. The van der Waals surface area contributed by atoms with Crippen LogP contribution in [0.1, 0.15) is 21.2 Å². The Balaban J connectivity index is 2.18. The molecule has 2 aromatic rings. The van der Waals surface area contributed by atoms with Gasteiger partial charge in [-0.15, -0.1) is 11.3 Å². The topological polar surface area (TPSA) is 123 Å². The second kappa shape index (κ2) is 5.25. The van der Waals surface area contributed by atoms with Crippen molar-refractivity contribution in [2.75, 3.05) is 5.32 Å². The minimum atomic E-state index is -1.10. The van der Waals surface area contributed by atoms with Crippen LogP contribution in [-0.2, 0) is 13.6 Å². The van der Waals surface area contributed by atoms with Crippen LogP contribution in [-0.4, -0.2) is 30.8 Å². The molecule has 106 valence electrons. The number of nitrogens with zero attached hydrogens (tertiary/aromatic N) is 4. The Morgan fingerprint density at radius 1 is 1.65 bits per heavy atom. The van der Waals surface area contributed by atoms with Crippen LogP contribution in [0.3, 0.4) is 0 Å². The van der Waals surface area contributed by atoms with Crippen LogP contribution in [0.2, 0.25) is 0 Å². The number of anilines is 1. The molecule has 0 bridgehead atoms. The molecule has 2 heterocycles. The van der Waals surface area contributed by atoms with Crippen LogP contribution >= 0.6 is 11.3 Å². The molecule has 0 spiro atoms. The van der Waals surface area contributed by atoms with Gasteiger partial charge in [-0.2, -0.15) is 5.10 Å². The number of thiazole rings is 1. The van der Waals surface area contributed by atoms with E-state index in [0.717, 1.165) is 0 Å². The Bertz CT molecular complexity index is 677. The van der Waals surface area contributed by atoms with Gasteiger partial charge in [-0.05, 0) is 6.92 Å². The molecule has 0 amide bonds. The third-order valence-electron chi connectivity index (χ3n) is 2.55. The normalized spacial score (nSPS) is 10.5. The summed E-state index contributed by atoms with van der Waals surface area (Å²) in [5.41, 5.74) is 0.176. The van der Waals surface area contributed by atoms with Gasteiger partial charge in [0.05, 0.1) is 11.5 Å². The molecule has 0 aliphatic heterocycles. The second-order valence-corrected chi connectivity index (χ2v) is 4.89. The van der Waals surface area contributed by atoms with Crippen molar-refractivity contribution < 1.29 is 14.8 Å². The standard InChI is InChI=1S/C10H11N5O4S/c1-5-8(15(18)19)9(14(2)13-5)11-3-7-12-6(4-20-7)10(16)17/h4,11H,3H2,1-2H3,(H,16,17). The minimum absolute atomic E-state index is 0.0394. The van der Waals surface area contributed by atoms with Crippen LogP contribution in [0.25, 0.3) is 0 Å². The minimum Gasteiger partial charge on any atom is -0.476 e. The van der Waals surface area contributed by atoms with Gasteiger partial charge in [0.15, 0.2) is 5.69 Å². The zero-order valence-electron chi connectivity index (χ0n) is 10.7. The quantitative estimate of drug-likeness (QED) is 0.631. The predicted octanol–water partition coefficient (Wildman–Crippen LogP) is 1.40. The number of nitro groups is 1. The number of hydrogen-bond acceptors (Lipinski definition) is 7. The SMILES string of the molecule is Cc1nn(C)c(NCc2nc(C(=O)O)cs2)c1[N+](=O)[O-]. The maximum atomic E-state index is 11.0. The van der Waals surface area contributed by atoms with E-state index in [1.807, 2.05) is 0 Å². The van der Waals surface area contributed by atoms with E-state index in [-0.39, 0.29) is 23.7 Å². The molecule has 0 fully saturated rings. The molecule has 2 aromatic heterocycles. The van der Waals surface area contributed by atoms with Crippen LogP contribution in [0, 0.1) is 17.0 Å². The highest BCUT2D eigenvalue weighted by molar-refractivity contribution is 7.09. The van der Waals surface area contributed by atoms with Crippen molar-refractivity contribution in [1.29, 1.82) is 0 Å². The molecule has 2 rings (SSSR count). The van der Waals surface area contributed by atoms with Gasteiger partial charge in [0.2, 0.25) is 5.82 Å². The first kappa shape index (κ1) is 13.9. The molecule has 2 N–H and O–H groups in total. The van der Waals surface area contributed by atoms with Gasteiger partial charge in [0.1, 0.15) is 10.7 Å². The Morgan fingerprint density at radius 3 is 2.90 bits per heavy atom. The van der Waals surface area contributed by atoms with E-state index < -0.39 is 10.9 Å². The van der Waals surface area contributed by atoms with Gasteiger partial charge in [-0.25, -0.2) is 14.5 Å². The van der Waals surface area contributed by atoms with E-state index in [0.29, 0.717) is 10.7 Å². The molecule has 10 heteroatoms. The third-order valence-corrected chi connectivity index (χ3v) is 3.40. The molecule has 9 nitrogen and oxygen atoms in total. The van der Waals surface area contributed by atoms with Crippen LogP contribution in [0.4, 0.5) is 11.5 Å². The van der Waals surface area contributed by atoms with E-state index in [9.17, 15) is 14.9 Å². The number of aromatic carboxylic acids is 1. The first-order valence-corrected chi connectivity index (χ1v) is 6.37. The van der Waals surface area contributed by atoms with E-state index in [1.54, 1.807) is 14.0 Å². The van der Waals surface area contributed by atoms with Gasteiger partial charge in [0, 0.05) is 12.4 Å². The lowest BCUT2D eigenvalue weighted by molar-refractivity contribution is -0.384. The highest BCUT2D eigenvalue weighted by Gasteiger charge is 2.23. The number of hydrogen-bond donors (Lipinski definition) is 2. The first-order valence-electron chi connectivity index (χ1n) is 5.49. The summed E-state index contributed by atoms with van der Waals surface area (Å²) in [5.74, 6) is -0.838. The monoisotopic (exact) mass is 297 g/mol. The zero-order valence-corrected chi connectivity index (χ0v) is 11.5. The smallest absolute Gasteiger partial charge is 0.355 e. The fraction of sp³-hybridized carbons (Fsp3) is 0.300. The summed E-state index contributed by atoms with van der Waals surface area (Å²) in [5, 5.41) is 28.5. The largest absolute Gasteiger partial charge is 0.476 e. The van der Waals surface area contributed by atoms with E-state index in [1.165, 1.54) is 21.4 Å². The van der Waals surface area contributed by atoms with Crippen molar-refractivity contribution in [2.24, 2.45) is 7.05 Å². The van der Waals surface area contributed by atoms with Gasteiger partial charge < -0.3 is 10.4 Å². The average Bonchev–Trinajstić information content (AvgIpc) is 2.91. The summed E-state index contributed by atoms with van der Waals surface area (Å²) in [4.78, 5) is 25.1. The molecule has 0 unspecified atom stereocenters. The number of aryl methyl sites for hydroxylation is 2. The maximum absolute atomic E-state index is 11.0. The van der Waals surface area contributed by atoms with Crippen molar-refractivity contribution in [3.8, 4) is 0 Å². The lowest BCUT2D eigenvalue weighted by Gasteiger charge is -2.03. The zero-order chi connectivity index (χ0) is 14.9. The van der Waals surface area contributed by atoms with Crippen molar-refractivity contribution in [3.63, 3.8) is 0 Å². The first-order chi connectivity index (χ1) is 9.40. The summed E-state index contributed by atoms with van der Waals surface area (Å²) in [6.07, 6.45) is 0. The van der Waals surface area contributed by atoms with Crippen molar-refractivity contribution in [2.45, 2.75) is 13.5 Å². The van der Waals surface area contributed by atoms with Crippen LogP contribution in [0.5, 0.6) is 0 Å². The van der Waals surface area contributed by atoms with E-state index in [2.05, 4.69) is 15.4 Å². The summed E-state index contributed by atoms with van der Waals surface area (Å²) in [6, 6.07) is 0. The summed E-state index contributed by atoms with van der Waals surface area (Å²) in [7, 11) is 1.59. The molecular weight excluding hydrogens is 286 g/mol. The highest BCUT2D eigenvalue weighted by Crippen LogP contribution is 2.27. The number of carboxylic acid groups (broad SMARTS) is 1. The molecule has 0 aromatic carbocycles. The van der Waals surface area contributed by atoms with E-state index >= 15 is 0 Å². The molecular formula is C10H11N5O4S. The number of carbonyl (C=O) groups is 1. The van der Waals surface area contributed by atoms with Gasteiger partial charge in [-0.1, -0.05) is 0 Å². The number of aromatic nitrogens is 3. The molecule has 20 heavy (non-hydrogen) atoms. The second-order valence-electron chi connectivity index (χ2n) is 3.95. The molecule has 0 radical (unpaired) electrons. The van der Waals surface area contributed by atoms with Crippen LogP contribution < -0.4 is 5.32 Å². The van der Waals surface area contributed by atoms with Crippen molar-refractivity contribution in [1.82, 2.24) is 14.8 Å². The average molecular weight is 297 g/mol. The van der Waals surface area contributed by atoms with Gasteiger partial charge in [-0.3, -0.25) is 10.1 Å². The lowest BCUT2D eigenvalue weighted by atomic mass is 10.4. The number of nitrogens with one attached hydrogen (secondary N) is 1. The maximum Gasteiger partial charge on any atom is 0.355 e. The van der Waals surface area contributed by atoms with Crippen LogP contribution in [0.15, 0.2) is 5.38 Å². The Hall–Kier alpha value is -2.49. The predicted molar refractivity (Wildman–Crippen MR) is 71.0 cm³/mol. The van der Waals surface area contributed by atoms with E-state index in [4.69, 9.17) is 5.11 Å². The third kappa shape index (κ3) is 2.59. The Labute approximate surface area is 117 Å². The number of rotatable bonds is 5. The molecule has 0 aliphatic carbocycles. The van der Waals surface area contributed by atoms with Crippen molar-refractivity contribution in [3.05, 3.63) is 31.9 Å². The summed E-state index contributed by atoms with van der Waals surface area (Å²) >= 11 is 1.17. The lowest BCUT2D eigenvalue weighted by Crippen LogP contribution is -2.07. The molecule has 0 saturated heterocycles. The fourth-order valence-corrected chi connectivity index (χ4v) is 2.42. The molecule has 0 aliphatic rings. The Morgan fingerprint density at radius 2 is 2.35 bits per heavy atom. The summed E-state index contributed by atoms with van der Waals surface area (Å²) in [6.45, 7) is 1.74. The molecule has 0 atom stereocenters. The molecule has 0 saturated carbocycles. The van der Waals surface area contributed by atoms with Crippen molar-refractivity contribution >= 4 is 28.8 Å².